The van der Waals surface area contributed by atoms with Crippen molar-refractivity contribution in [3.05, 3.63) is 30.1 Å². The molecule has 0 saturated heterocycles. The number of nitrogens with one attached hydrogen (secondary N) is 1. The number of carbonyl (C=O) groups is 1. The van der Waals surface area contributed by atoms with E-state index in [9.17, 15) is 9.18 Å². The highest BCUT2D eigenvalue weighted by molar-refractivity contribution is 5.79. The van der Waals surface area contributed by atoms with Gasteiger partial charge in [0.2, 0.25) is 5.91 Å². The molecule has 1 aromatic carbocycles. The smallest absolute Gasteiger partial charge is 0.234 e. The van der Waals surface area contributed by atoms with Crippen molar-refractivity contribution in [3.8, 4) is 0 Å². The van der Waals surface area contributed by atoms with Gasteiger partial charge in [0.15, 0.2) is 0 Å². The maximum atomic E-state index is 12.8. The van der Waals surface area contributed by atoms with Gasteiger partial charge in [-0.15, -0.1) is 0 Å². The summed E-state index contributed by atoms with van der Waals surface area (Å²) < 4.78 is 12.8. The third kappa shape index (κ3) is 4.33. The zero-order valence-corrected chi connectivity index (χ0v) is 10.8. The van der Waals surface area contributed by atoms with Gasteiger partial charge in [-0.1, -0.05) is 6.92 Å². The van der Waals surface area contributed by atoms with Crippen LogP contribution in [-0.2, 0) is 4.79 Å². The van der Waals surface area contributed by atoms with E-state index in [0.29, 0.717) is 19.5 Å². The Labute approximate surface area is 107 Å². The molecule has 0 saturated carbocycles. The lowest BCUT2D eigenvalue weighted by molar-refractivity contribution is -0.120. The molecule has 1 amide bonds. The fourth-order valence-electron chi connectivity index (χ4n) is 1.74. The zero-order chi connectivity index (χ0) is 13.5. The number of nitrogens with two attached hydrogens (primary N) is 1. The third-order valence-corrected chi connectivity index (χ3v) is 2.81. The number of benzene rings is 1. The summed E-state index contributed by atoms with van der Waals surface area (Å²) in [6.45, 7) is 3.31. The average Bonchev–Trinajstić information content (AvgIpc) is 2.34. The number of nitrogens with zero attached hydrogens (tertiary/aromatic N) is 1. The van der Waals surface area contributed by atoms with Gasteiger partial charge in [0.05, 0.1) is 6.04 Å². The number of hydrogen-bond donors (Lipinski definition) is 2. The standard InChI is InChI=1S/C13H20FN3O/c1-3-16-12(13(15)18)8-9-17(2)11-6-4-10(14)5-7-11/h4-7,12,16H,3,8-9H2,1-2H3,(H2,15,18). The first-order valence-corrected chi connectivity index (χ1v) is 6.04. The third-order valence-electron chi connectivity index (χ3n) is 2.81. The highest BCUT2D eigenvalue weighted by Crippen LogP contribution is 2.13. The number of amides is 1. The summed E-state index contributed by atoms with van der Waals surface area (Å²) in [4.78, 5) is 13.1. The molecule has 0 aromatic heterocycles. The van der Waals surface area contributed by atoms with Gasteiger partial charge in [0.1, 0.15) is 5.82 Å². The molecule has 0 aliphatic carbocycles. The average molecular weight is 253 g/mol. The number of carbonyl (C=O) groups excluding carboxylic acids is 1. The molecule has 0 fully saturated rings. The van der Waals surface area contributed by atoms with Crippen LogP contribution in [0.2, 0.25) is 0 Å². The highest BCUT2D eigenvalue weighted by atomic mass is 19.1. The predicted molar refractivity (Wildman–Crippen MR) is 70.9 cm³/mol. The lowest BCUT2D eigenvalue weighted by Crippen LogP contribution is -2.43. The van der Waals surface area contributed by atoms with Gasteiger partial charge in [-0.25, -0.2) is 4.39 Å². The number of primary amides is 1. The Bertz CT molecular complexity index is 380. The Kier molecular flexibility index (Phi) is 5.58. The summed E-state index contributed by atoms with van der Waals surface area (Å²) in [5.74, 6) is -0.598. The molecule has 0 radical (unpaired) electrons. The van der Waals surface area contributed by atoms with E-state index in [1.54, 1.807) is 12.1 Å². The first-order valence-electron chi connectivity index (χ1n) is 6.04. The number of hydrogen-bond acceptors (Lipinski definition) is 3. The van der Waals surface area contributed by atoms with Gasteiger partial charge in [-0.05, 0) is 37.2 Å². The SMILES string of the molecule is CCNC(CCN(C)c1ccc(F)cc1)C(N)=O. The summed E-state index contributed by atoms with van der Waals surface area (Å²) in [6, 6.07) is 5.94. The molecular weight excluding hydrogens is 233 g/mol. The molecule has 1 unspecified atom stereocenters. The lowest BCUT2D eigenvalue weighted by atomic mass is 10.2. The summed E-state index contributed by atoms with van der Waals surface area (Å²) in [6.07, 6.45) is 0.622. The Morgan fingerprint density at radius 2 is 2.06 bits per heavy atom. The Morgan fingerprint density at radius 1 is 1.44 bits per heavy atom. The van der Waals surface area contributed by atoms with Crippen LogP contribution in [0.4, 0.5) is 10.1 Å². The van der Waals surface area contributed by atoms with Gasteiger partial charge in [-0.2, -0.15) is 0 Å². The molecule has 3 N–H and O–H groups in total. The van der Waals surface area contributed by atoms with Crippen molar-refractivity contribution in [1.29, 1.82) is 0 Å². The first kappa shape index (κ1) is 14.4. The number of rotatable bonds is 7. The maximum Gasteiger partial charge on any atom is 0.234 e. The largest absolute Gasteiger partial charge is 0.375 e. The Hall–Kier alpha value is -1.62. The first-order chi connectivity index (χ1) is 8.54. The van der Waals surface area contributed by atoms with Gasteiger partial charge in [0.25, 0.3) is 0 Å². The van der Waals surface area contributed by atoms with Crippen molar-refractivity contribution in [3.63, 3.8) is 0 Å². The quantitative estimate of drug-likeness (QED) is 0.765. The zero-order valence-electron chi connectivity index (χ0n) is 10.8. The molecule has 0 spiro atoms. The van der Waals surface area contributed by atoms with E-state index in [-0.39, 0.29) is 17.8 Å². The summed E-state index contributed by atoms with van der Waals surface area (Å²) in [5.41, 5.74) is 6.21. The second-order valence-electron chi connectivity index (χ2n) is 4.20. The molecule has 5 heteroatoms. The summed E-state index contributed by atoms with van der Waals surface area (Å²) in [7, 11) is 1.90. The van der Waals surface area contributed by atoms with E-state index in [1.165, 1.54) is 12.1 Å². The van der Waals surface area contributed by atoms with Crippen LogP contribution < -0.4 is 16.0 Å². The van der Waals surface area contributed by atoms with Crippen molar-refractivity contribution >= 4 is 11.6 Å². The van der Waals surface area contributed by atoms with E-state index in [4.69, 9.17) is 5.73 Å². The van der Waals surface area contributed by atoms with Gasteiger partial charge in [-0.3, -0.25) is 4.79 Å². The molecule has 4 nitrogen and oxygen atoms in total. The van der Waals surface area contributed by atoms with Crippen molar-refractivity contribution in [2.24, 2.45) is 5.73 Å². The minimum absolute atomic E-state index is 0.255. The molecule has 1 aromatic rings. The van der Waals surface area contributed by atoms with Crippen LogP contribution >= 0.6 is 0 Å². The molecule has 0 heterocycles. The molecule has 0 aliphatic heterocycles. The number of halogens is 1. The van der Waals surface area contributed by atoms with Crippen molar-refractivity contribution in [1.82, 2.24) is 5.32 Å². The van der Waals surface area contributed by atoms with Gasteiger partial charge in [0, 0.05) is 19.3 Å². The van der Waals surface area contributed by atoms with Crippen molar-refractivity contribution < 1.29 is 9.18 Å². The Morgan fingerprint density at radius 3 is 2.56 bits per heavy atom. The fraction of sp³-hybridized carbons (Fsp3) is 0.462. The van der Waals surface area contributed by atoms with E-state index in [2.05, 4.69) is 5.32 Å². The molecule has 1 atom stereocenters. The van der Waals surface area contributed by atoms with Crippen LogP contribution in [-0.4, -0.2) is 32.1 Å². The maximum absolute atomic E-state index is 12.8. The van der Waals surface area contributed by atoms with Crippen LogP contribution in [0.3, 0.4) is 0 Å². The molecule has 1 rings (SSSR count). The van der Waals surface area contributed by atoms with E-state index in [1.807, 2.05) is 18.9 Å². The second-order valence-corrected chi connectivity index (χ2v) is 4.20. The van der Waals surface area contributed by atoms with Crippen LogP contribution in [0.5, 0.6) is 0 Å². The van der Waals surface area contributed by atoms with Crippen LogP contribution in [0.15, 0.2) is 24.3 Å². The minimum atomic E-state index is -0.343. The van der Waals surface area contributed by atoms with Crippen molar-refractivity contribution in [2.45, 2.75) is 19.4 Å². The van der Waals surface area contributed by atoms with Gasteiger partial charge < -0.3 is 16.0 Å². The van der Waals surface area contributed by atoms with E-state index in [0.717, 1.165) is 5.69 Å². The highest BCUT2D eigenvalue weighted by Gasteiger charge is 2.14. The molecule has 100 valence electrons. The topological polar surface area (TPSA) is 58.4 Å². The Balaban J connectivity index is 2.51. The fourth-order valence-corrected chi connectivity index (χ4v) is 1.74. The molecule has 0 bridgehead atoms. The predicted octanol–water partition coefficient (Wildman–Crippen LogP) is 1.12. The number of anilines is 1. The van der Waals surface area contributed by atoms with E-state index < -0.39 is 0 Å². The van der Waals surface area contributed by atoms with Crippen LogP contribution in [0.25, 0.3) is 0 Å². The second kappa shape index (κ2) is 6.96. The lowest BCUT2D eigenvalue weighted by Gasteiger charge is -2.22. The molecule has 18 heavy (non-hydrogen) atoms. The number of likely N-dealkylation sites (N-methyl/N-ethyl adjacent to an activating group) is 1. The van der Waals surface area contributed by atoms with Crippen LogP contribution in [0, 0.1) is 5.82 Å². The van der Waals surface area contributed by atoms with Crippen LogP contribution in [0.1, 0.15) is 13.3 Å². The van der Waals surface area contributed by atoms with Crippen molar-refractivity contribution in [2.75, 3.05) is 25.0 Å². The monoisotopic (exact) mass is 253 g/mol. The normalized spacial score (nSPS) is 12.2. The minimum Gasteiger partial charge on any atom is -0.375 e. The molecule has 0 aliphatic rings. The van der Waals surface area contributed by atoms with Gasteiger partial charge >= 0.3 is 0 Å². The summed E-state index contributed by atoms with van der Waals surface area (Å²) >= 11 is 0. The van der Waals surface area contributed by atoms with E-state index >= 15 is 0 Å². The molecular formula is C13H20FN3O. The summed E-state index contributed by atoms with van der Waals surface area (Å²) in [5, 5.41) is 3.04.